The number of fused-ring (bicyclic) bond motifs is 3. The van der Waals surface area contributed by atoms with Crippen LogP contribution in [-0.2, 0) is 6.42 Å². The summed E-state index contributed by atoms with van der Waals surface area (Å²) >= 11 is 0. The largest absolute Gasteiger partial charge is 0.353 e. The van der Waals surface area contributed by atoms with Gasteiger partial charge in [0.15, 0.2) is 0 Å². The van der Waals surface area contributed by atoms with Crippen molar-refractivity contribution in [1.29, 1.82) is 0 Å². The number of hydrogen-bond acceptors (Lipinski definition) is 2. The molecular weight excluding hydrogens is 270 g/mol. The number of hydrogen-bond donors (Lipinski definition) is 2. The first-order valence-corrected chi connectivity index (χ1v) is 7.48. The van der Waals surface area contributed by atoms with Gasteiger partial charge in [-0.3, -0.25) is 4.98 Å². The molecule has 0 aliphatic heterocycles. The van der Waals surface area contributed by atoms with Crippen molar-refractivity contribution in [3.8, 4) is 0 Å². The Morgan fingerprint density at radius 3 is 2.55 bits per heavy atom. The molecule has 4 aromatic rings. The van der Waals surface area contributed by atoms with E-state index in [1.54, 1.807) is 0 Å². The Balaban J connectivity index is 1.81. The summed E-state index contributed by atoms with van der Waals surface area (Å²) in [7, 11) is 0. The smallest absolute Gasteiger partial charge is 0.0815 e. The molecule has 0 bridgehead atoms. The third kappa shape index (κ3) is 2.16. The van der Waals surface area contributed by atoms with Crippen LogP contribution in [0.5, 0.6) is 0 Å². The van der Waals surface area contributed by atoms with Gasteiger partial charge in [-0.1, -0.05) is 48.5 Å². The fourth-order valence-electron chi connectivity index (χ4n) is 3.04. The average molecular weight is 287 g/mol. The van der Waals surface area contributed by atoms with Crippen LogP contribution >= 0.6 is 0 Å². The molecule has 1 atom stereocenters. The monoisotopic (exact) mass is 287 g/mol. The number of benzene rings is 2. The highest BCUT2D eigenvalue weighted by molar-refractivity contribution is 6.07. The molecule has 0 amide bonds. The van der Waals surface area contributed by atoms with Gasteiger partial charge in [0, 0.05) is 22.5 Å². The first-order valence-electron chi connectivity index (χ1n) is 7.48. The molecule has 22 heavy (non-hydrogen) atoms. The van der Waals surface area contributed by atoms with Crippen LogP contribution in [0, 0.1) is 0 Å². The Hall–Kier alpha value is -2.65. The summed E-state index contributed by atoms with van der Waals surface area (Å²) in [5.41, 5.74) is 10.8. The standard InChI is InChI=1S/C19H17N3/c20-16(12-13-6-2-1-3-7-13)19-18-15(10-11-21-19)14-8-4-5-9-17(14)22-18/h1-11,16,22H,12,20H2. The van der Waals surface area contributed by atoms with Crippen molar-refractivity contribution >= 4 is 21.8 Å². The van der Waals surface area contributed by atoms with Gasteiger partial charge in [-0.05, 0) is 24.1 Å². The molecule has 2 heterocycles. The van der Waals surface area contributed by atoms with E-state index < -0.39 is 0 Å². The van der Waals surface area contributed by atoms with Gasteiger partial charge in [0.25, 0.3) is 0 Å². The topological polar surface area (TPSA) is 54.7 Å². The molecule has 1 unspecified atom stereocenters. The Morgan fingerprint density at radius 1 is 0.909 bits per heavy atom. The van der Waals surface area contributed by atoms with E-state index in [4.69, 9.17) is 5.73 Å². The number of nitrogens with one attached hydrogen (secondary N) is 1. The molecule has 0 aliphatic rings. The Bertz CT molecular complexity index is 925. The fourth-order valence-corrected chi connectivity index (χ4v) is 3.04. The van der Waals surface area contributed by atoms with Crippen LogP contribution in [0.15, 0.2) is 66.9 Å². The Kier molecular flexibility index (Phi) is 3.13. The SMILES string of the molecule is NC(Cc1ccccc1)c1nccc2c1[nH]c1ccccc12. The average Bonchev–Trinajstić information content (AvgIpc) is 2.94. The minimum Gasteiger partial charge on any atom is -0.353 e. The van der Waals surface area contributed by atoms with Crippen LogP contribution in [-0.4, -0.2) is 9.97 Å². The van der Waals surface area contributed by atoms with Crippen molar-refractivity contribution in [3.05, 3.63) is 78.1 Å². The number of nitrogens with two attached hydrogens (primary N) is 1. The number of H-pyrrole nitrogens is 1. The van der Waals surface area contributed by atoms with Crippen molar-refractivity contribution < 1.29 is 0 Å². The van der Waals surface area contributed by atoms with E-state index >= 15 is 0 Å². The van der Waals surface area contributed by atoms with Gasteiger partial charge < -0.3 is 10.7 Å². The van der Waals surface area contributed by atoms with Gasteiger partial charge in [0.1, 0.15) is 0 Å². The number of pyridine rings is 1. The second-order valence-corrected chi connectivity index (χ2v) is 5.59. The normalized spacial score (nSPS) is 12.8. The van der Waals surface area contributed by atoms with Gasteiger partial charge >= 0.3 is 0 Å². The lowest BCUT2D eigenvalue weighted by Crippen LogP contribution is -2.15. The lowest BCUT2D eigenvalue weighted by molar-refractivity contribution is 0.702. The second-order valence-electron chi connectivity index (χ2n) is 5.59. The Morgan fingerprint density at radius 2 is 1.68 bits per heavy atom. The summed E-state index contributed by atoms with van der Waals surface area (Å²) in [5, 5.41) is 2.40. The van der Waals surface area contributed by atoms with Crippen LogP contribution in [0.25, 0.3) is 21.8 Å². The first kappa shape index (κ1) is 13.0. The predicted molar refractivity (Wildman–Crippen MR) is 90.7 cm³/mol. The number of rotatable bonds is 3. The van der Waals surface area contributed by atoms with Crippen LogP contribution in [0.1, 0.15) is 17.3 Å². The summed E-state index contributed by atoms with van der Waals surface area (Å²) in [6.07, 6.45) is 2.63. The molecule has 4 rings (SSSR count). The predicted octanol–water partition coefficient (Wildman–Crippen LogP) is 3.96. The maximum Gasteiger partial charge on any atom is 0.0815 e. The number of nitrogens with zero attached hydrogens (tertiary/aromatic N) is 1. The molecule has 0 saturated carbocycles. The van der Waals surface area contributed by atoms with Crippen molar-refractivity contribution in [1.82, 2.24) is 9.97 Å². The van der Waals surface area contributed by atoms with Crippen LogP contribution in [0.4, 0.5) is 0 Å². The van der Waals surface area contributed by atoms with Crippen molar-refractivity contribution in [2.45, 2.75) is 12.5 Å². The summed E-state index contributed by atoms with van der Waals surface area (Å²) < 4.78 is 0. The number of aromatic amines is 1. The lowest BCUT2D eigenvalue weighted by atomic mass is 10.0. The Labute approximate surface area is 128 Å². The fraction of sp³-hybridized carbons (Fsp3) is 0.105. The summed E-state index contributed by atoms with van der Waals surface area (Å²) in [6.45, 7) is 0. The molecule has 3 nitrogen and oxygen atoms in total. The van der Waals surface area contributed by atoms with E-state index in [-0.39, 0.29) is 6.04 Å². The lowest BCUT2D eigenvalue weighted by Gasteiger charge is -2.12. The molecule has 2 aromatic carbocycles. The zero-order valence-electron chi connectivity index (χ0n) is 12.2. The van der Waals surface area contributed by atoms with E-state index in [2.05, 4.69) is 40.3 Å². The molecule has 2 aromatic heterocycles. The molecule has 3 N–H and O–H groups in total. The highest BCUT2D eigenvalue weighted by Crippen LogP contribution is 2.29. The van der Waals surface area contributed by atoms with E-state index in [1.807, 2.05) is 36.5 Å². The molecular formula is C19H17N3. The maximum atomic E-state index is 6.43. The minimum absolute atomic E-state index is 0.126. The number of aromatic nitrogens is 2. The summed E-state index contributed by atoms with van der Waals surface area (Å²) in [4.78, 5) is 8.01. The summed E-state index contributed by atoms with van der Waals surface area (Å²) in [6, 6.07) is 20.5. The summed E-state index contributed by atoms with van der Waals surface area (Å²) in [5.74, 6) is 0. The second kappa shape index (κ2) is 5.28. The highest BCUT2D eigenvalue weighted by Gasteiger charge is 2.15. The quantitative estimate of drug-likeness (QED) is 0.599. The van der Waals surface area contributed by atoms with Crippen molar-refractivity contribution in [2.75, 3.05) is 0 Å². The molecule has 0 aliphatic carbocycles. The van der Waals surface area contributed by atoms with Gasteiger partial charge in [-0.2, -0.15) is 0 Å². The van der Waals surface area contributed by atoms with Gasteiger partial charge in [-0.25, -0.2) is 0 Å². The van der Waals surface area contributed by atoms with E-state index in [0.717, 1.165) is 23.1 Å². The molecule has 3 heteroatoms. The van der Waals surface area contributed by atoms with E-state index in [9.17, 15) is 0 Å². The molecule has 108 valence electrons. The van der Waals surface area contributed by atoms with Crippen LogP contribution < -0.4 is 5.73 Å². The molecule has 0 saturated heterocycles. The van der Waals surface area contributed by atoms with Crippen LogP contribution in [0.2, 0.25) is 0 Å². The number of para-hydroxylation sites is 1. The zero-order chi connectivity index (χ0) is 14.9. The van der Waals surface area contributed by atoms with Crippen molar-refractivity contribution in [3.63, 3.8) is 0 Å². The van der Waals surface area contributed by atoms with Gasteiger partial charge in [0.2, 0.25) is 0 Å². The van der Waals surface area contributed by atoms with Crippen LogP contribution in [0.3, 0.4) is 0 Å². The molecule has 0 fully saturated rings. The minimum atomic E-state index is -0.126. The highest BCUT2D eigenvalue weighted by atomic mass is 14.8. The third-order valence-corrected chi connectivity index (χ3v) is 4.11. The zero-order valence-corrected chi connectivity index (χ0v) is 12.2. The van der Waals surface area contributed by atoms with E-state index in [0.29, 0.717) is 0 Å². The van der Waals surface area contributed by atoms with Crippen molar-refractivity contribution in [2.24, 2.45) is 5.73 Å². The third-order valence-electron chi connectivity index (χ3n) is 4.11. The molecule has 0 radical (unpaired) electrons. The van der Waals surface area contributed by atoms with Gasteiger partial charge in [0.05, 0.1) is 17.3 Å². The van der Waals surface area contributed by atoms with E-state index in [1.165, 1.54) is 16.3 Å². The molecule has 0 spiro atoms. The van der Waals surface area contributed by atoms with Gasteiger partial charge in [-0.15, -0.1) is 0 Å². The first-order chi connectivity index (χ1) is 10.8. The maximum absolute atomic E-state index is 6.43.